The number of likely N-dealkylation sites (tertiary alicyclic amines) is 1. The molecule has 0 radical (unpaired) electrons. The van der Waals surface area contributed by atoms with Crippen molar-refractivity contribution in [3.8, 4) is 0 Å². The van der Waals surface area contributed by atoms with Crippen LogP contribution >= 0.6 is 0 Å². The van der Waals surface area contributed by atoms with E-state index in [0.717, 1.165) is 32.6 Å². The van der Waals surface area contributed by atoms with Gasteiger partial charge in [-0.15, -0.1) is 0 Å². The molecule has 2 saturated heterocycles. The van der Waals surface area contributed by atoms with Crippen molar-refractivity contribution in [2.45, 2.75) is 71.6 Å². The highest BCUT2D eigenvalue weighted by Crippen LogP contribution is 2.25. The number of piperidine rings is 1. The molecular weight excluding hydrogens is 334 g/mol. The lowest BCUT2D eigenvalue weighted by Gasteiger charge is -2.48. The van der Waals surface area contributed by atoms with Gasteiger partial charge in [0.25, 0.3) is 0 Å². The average molecular weight is 374 g/mol. The Balaban J connectivity index is 1.61. The van der Waals surface area contributed by atoms with Crippen LogP contribution in [0, 0.1) is 13.8 Å². The Kier molecular flexibility index (Phi) is 7.32. The molecular formula is C23H39N3O. The van der Waals surface area contributed by atoms with Crippen LogP contribution < -0.4 is 0 Å². The molecule has 2 heterocycles. The molecule has 0 amide bonds. The predicted octanol–water partition coefficient (Wildman–Crippen LogP) is 3.04. The molecule has 2 fully saturated rings. The van der Waals surface area contributed by atoms with E-state index in [9.17, 15) is 5.11 Å². The lowest BCUT2D eigenvalue weighted by molar-refractivity contribution is -0.0000785. The van der Waals surface area contributed by atoms with Crippen LogP contribution in [0.25, 0.3) is 0 Å². The van der Waals surface area contributed by atoms with Crippen LogP contribution in [-0.2, 0) is 6.54 Å². The van der Waals surface area contributed by atoms with Crippen LogP contribution in [-0.4, -0.2) is 77.3 Å². The highest BCUT2D eigenvalue weighted by molar-refractivity contribution is 5.30. The first-order valence-electron chi connectivity index (χ1n) is 10.9. The smallest absolute Gasteiger partial charge is 0.0446 e. The summed E-state index contributed by atoms with van der Waals surface area (Å²) in [7, 11) is 0. The molecule has 1 aromatic rings. The quantitative estimate of drug-likeness (QED) is 0.830. The standard InChI is InChI=1S/C23H39N3O/c1-18(2)25-10-7-22(8-11-25)26-13-12-24(17-23(26)9-14-27)16-21-15-19(3)5-6-20(21)4/h5-6,15,18,22-23,27H,7-14,16-17H2,1-4H3/t23-/m0/s1. The Bertz CT molecular complexity index is 595. The van der Waals surface area contributed by atoms with E-state index >= 15 is 0 Å². The first kappa shape index (κ1) is 20.8. The van der Waals surface area contributed by atoms with Crippen LogP contribution in [0.15, 0.2) is 18.2 Å². The number of hydrogen-bond donors (Lipinski definition) is 1. The van der Waals surface area contributed by atoms with E-state index in [1.807, 2.05) is 0 Å². The van der Waals surface area contributed by atoms with Crippen molar-refractivity contribution in [2.75, 3.05) is 39.3 Å². The third-order valence-corrected chi connectivity index (χ3v) is 6.67. The van der Waals surface area contributed by atoms with Gasteiger partial charge in [0.15, 0.2) is 0 Å². The van der Waals surface area contributed by atoms with Crippen molar-refractivity contribution in [3.63, 3.8) is 0 Å². The molecule has 2 aliphatic heterocycles. The van der Waals surface area contributed by atoms with Crippen molar-refractivity contribution >= 4 is 0 Å². The average Bonchev–Trinajstić information content (AvgIpc) is 2.65. The molecule has 0 saturated carbocycles. The summed E-state index contributed by atoms with van der Waals surface area (Å²) < 4.78 is 0. The van der Waals surface area contributed by atoms with Crippen LogP contribution in [0.4, 0.5) is 0 Å². The van der Waals surface area contributed by atoms with Gasteiger partial charge in [-0.1, -0.05) is 23.8 Å². The maximum Gasteiger partial charge on any atom is 0.0446 e. The van der Waals surface area contributed by atoms with Gasteiger partial charge < -0.3 is 10.0 Å². The van der Waals surface area contributed by atoms with Gasteiger partial charge in [0.05, 0.1) is 0 Å². The highest BCUT2D eigenvalue weighted by atomic mass is 16.3. The number of aryl methyl sites for hydroxylation is 2. The molecule has 0 aliphatic carbocycles. The van der Waals surface area contributed by atoms with Crippen LogP contribution in [0.1, 0.15) is 49.8 Å². The minimum atomic E-state index is 0.295. The van der Waals surface area contributed by atoms with E-state index in [0.29, 0.717) is 24.7 Å². The van der Waals surface area contributed by atoms with Gasteiger partial charge in [-0.3, -0.25) is 9.80 Å². The monoisotopic (exact) mass is 373 g/mol. The SMILES string of the molecule is Cc1ccc(C)c(CN2CCN(C3CCN(C(C)C)CC3)[C@@H](CCO)C2)c1. The number of nitrogens with zero attached hydrogens (tertiary/aromatic N) is 3. The summed E-state index contributed by atoms with van der Waals surface area (Å²) in [5.74, 6) is 0. The predicted molar refractivity (Wildman–Crippen MR) is 113 cm³/mol. The molecule has 152 valence electrons. The van der Waals surface area contributed by atoms with E-state index in [4.69, 9.17) is 0 Å². The maximum atomic E-state index is 9.65. The number of benzene rings is 1. The van der Waals surface area contributed by atoms with E-state index in [1.165, 1.54) is 42.6 Å². The van der Waals surface area contributed by atoms with E-state index in [2.05, 4.69) is 60.6 Å². The molecule has 0 bridgehead atoms. The lowest BCUT2D eigenvalue weighted by Crippen LogP contribution is -2.58. The van der Waals surface area contributed by atoms with Gasteiger partial charge in [-0.2, -0.15) is 0 Å². The summed E-state index contributed by atoms with van der Waals surface area (Å²) in [6.45, 7) is 16.1. The molecule has 1 aromatic carbocycles. The molecule has 27 heavy (non-hydrogen) atoms. The third-order valence-electron chi connectivity index (χ3n) is 6.67. The van der Waals surface area contributed by atoms with E-state index < -0.39 is 0 Å². The number of hydrogen-bond acceptors (Lipinski definition) is 4. The Morgan fingerprint density at radius 2 is 1.81 bits per heavy atom. The summed E-state index contributed by atoms with van der Waals surface area (Å²) in [4.78, 5) is 7.93. The number of piperazine rings is 1. The molecule has 4 heteroatoms. The van der Waals surface area contributed by atoms with Crippen LogP contribution in [0.5, 0.6) is 0 Å². The summed E-state index contributed by atoms with van der Waals surface area (Å²) in [6.07, 6.45) is 3.45. The second-order valence-corrected chi connectivity index (χ2v) is 8.93. The fourth-order valence-corrected chi connectivity index (χ4v) is 4.91. The number of rotatable bonds is 6. The van der Waals surface area contributed by atoms with Gasteiger partial charge in [0, 0.05) is 50.9 Å². The summed E-state index contributed by atoms with van der Waals surface area (Å²) in [5.41, 5.74) is 4.19. The molecule has 0 unspecified atom stereocenters. The van der Waals surface area contributed by atoms with Gasteiger partial charge in [0.1, 0.15) is 0 Å². The van der Waals surface area contributed by atoms with Gasteiger partial charge in [-0.25, -0.2) is 0 Å². The van der Waals surface area contributed by atoms with Crippen LogP contribution in [0.2, 0.25) is 0 Å². The van der Waals surface area contributed by atoms with Crippen molar-refractivity contribution in [2.24, 2.45) is 0 Å². The topological polar surface area (TPSA) is 30.0 Å². The van der Waals surface area contributed by atoms with Crippen molar-refractivity contribution in [1.82, 2.24) is 14.7 Å². The molecule has 2 aliphatic rings. The zero-order valence-electron chi connectivity index (χ0n) is 17.8. The lowest BCUT2D eigenvalue weighted by atomic mass is 9.97. The summed E-state index contributed by atoms with van der Waals surface area (Å²) in [6, 6.07) is 8.63. The minimum absolute atomic E-state index is 0.295. The van der Waals surface area contributed by atoms with Gasteiger partial charge in [0.2, 0.25) is 0 Å². The van der Waals surface area contributed by atoms with E-state index in [1.54, 1.807) is 0 Å². The normalized spacial score (nSPS) is 24.0. The van der Waals surface area contributed by atoms with Crippen molar-refractivity contribution in [1.29, 1.82) is 0 Å². The maximum absolute atomic E-state index is 9.65. The molecule has 1 atom stereocenters. The molecule has 0 spiro atoms. The highest BCUT2D eigenvalue weighted by Gasteiger charge is 2.33. The Morgan fingerprint density at radius 3 is 2.48 bits per heavy atom. The fraction of sp³-hybridized carbons (Fsp3) is 0.739. The minimum Gasteiger partial charge on any atom is -0.396 e. The van der Waals surface area contributed by atoms with E-state index in [-0.39, 0.29) is 0 Å². The summed E-state index contributed by atoms with van der Waals surface area (Å²) in [5, 5.41) is 9.65. The van der Waals surface area contributed by atoms with Gasteiger partial charge >= 0.3 is 0 Å². The first-order chi connectivity index (χ1) is 13.0. The number of aliphatic hydroxyl groups excluding tert-OH is 1. The Morgan fingerprint density at radius 1 is 1.07 bits per heavy atom. The number of aliphatic hydroxyl groups is 1. The third kappa shape index (κ3) is 5.32. The van der Waals surface area contributed by atoms with Gasteiger partial charge in [-0.05, 0) is 71.2 Å². The zero-order valence-corrected chi connectivity index (χ0v) is 17.8. The van der Waals surface area contributed by atoms with Crippen molar-refractivity contribution in [3.05, 3.63) is 34.9 Å². The first-order valence-corrected chi connectivity index (χ1v) is 10.9. The summed E-state index contributed by atoms with van der Waals surface area (Å²) >= 11 is 0. The fourth-order valence-electron chi connectivity index (χ4n) is 4.91. The Hall–Kier alpha value is -0.940. The Labute approximate surface area is 166 Å². The second kappa shape index (κ2) is 9.51. The van der Waals surface area contributed by atoms with Crippen LogP contribution in [0.3, 0.4) is 0 Å². The second-order valence-electron chi connectivity index (χ2n) is 8.93. The zero-order chi connectivity index (χ0) is 19.4. The molecule has 1 N–H and O–H groups in total. The molecule has 4 nitrogen and oxygen atoms in total. The van der Waals surface area contributed by atoms with Crippen molar-refractivity contribution < 1.29 is 5.11 Å². The molecule has 0 aromatic heterocycles. The largest absolute Gasteiger partial charge is 0.396 e. The molecule has 3 rings (SSSR count).